The van der Waals surface area contributed by atoms with Crippen molar-refractivity contribution in [1.82, 2.24) is 4.90 Å². The molecule has 1 atom stereocenters. The van der Waals surface area contributed by atoms with Crippen LogP contribution in [0.25, 0.3) is 0 Å². The molecular formula is C15H27NO3. The third kappa shape index (κ3) is 5.21. The largest absolute Gasteiger partial charge is 0.444 e. The Morgan fingerprint density at radius 1 is 1.26 bits per heavy atom. The van der Waals surface area contributed by atoms with Crippen molar-refractivity contribution in [2.24, 2.45) is 0 Å². The molecule has 110 valence electrons. The van der Waals surface area contributed by atoms with Crippen molar-refractivity contribution in [3.8, 4) is 0 Å². The molecule has 0 bridgehead atoms. The number of carbonyl (C=O) groups is 2. The topological polar surface area (TPSA) is 46.6 Å². The van der Waals surface area contributed by atoms with Crippen LogP contribution in [0.3, 0.4) is 0 Å². The van der Waals surface area contributed by atoms with E-state index in [0.29, 0.717) is 13.0 Å². The van der Waals surface area contributed by atoms with Gasteiger partial charge < -0.3 is 4.74 Å². The number of hydrogen-bond acceptors (Lipinski definition) is 3. The van der Waals surface area contributed by atoms with E-state index in [-0.39, 0.29) is 17.9 Å². The molecular weight excluding hydrogens is 242 g/mol. The summed E-state index contributed by atoms with van der Waals surface area (Å²) in [7, 11) is 0. The lowest BCUT2D eigenvalue weighted by molar-refractivity contribution is -0.125. The second-order valence-electron chi connectivity index (χ2n) is 6.26. The van der Waals surface area contributed by atoms with Crippen LogP contribution in [0, 0.1) is 0 Å². The van der Waals surface area contributed by atoms with Gasteiger partial charge in [-0.05, 0) is 46.5 Å². The van der Waals surface area contributed by atoms with Gasteiger partial charge in [0.15, 0.2) is 5.78 Å². The summed E-state index contributed by atoms with van der Waals surface area (Å²) in [6.45, 7) is 8.26. The lowest BCUT2D eigenvalue weighted by Crippen LogP contribution is -2.49. The summed E-state index contributed by atoms with van der Waals surface area (Å²) in [6.07, 6.45) is 4.88. The zero-order valence-corrected chi connectivity index (χ0v) is 12.7. The fourth-order valence-corrected chi connectivity index (χ4v) is 2.32. The molecule has 0 aromatic rings. The lowest BCUT2D eigenvalue weighted by Gasteiger charge is -2.35. The number of ether oxygens (including phenoxy) is 1. The SMILES string of the molecule is CCCCC(=O)[C@@H]1CCCCN1C(=O)OC(C)(C)C. The molecule has 1 aliphatic rings. The van der Waals surface area contributed by atoms with Crippen LogP contribution in [0.15, 0.2) is 0 Å². The van der Waals surface area contributed by atoms with E-state index in [1.807, 2.05) is 20.8 Å². The molecule has 0 aromatic carbocycles. The number of nitrogens with zero attached hydrogens (tertiary/aromatic N) is 1. The second kappa shape index (κ2) is 6.92. The van der Waals surface area contributed by atoms with E-state index < -0.39 is 5.60 Å². The summed E-state index contributed by atoms with van der Waals surface area (Å²) < 4.78 is 5.40. The molecule has 0 aliphatic carbocycles. The maximum absolute atomic E-state index is 12.2. The molecule has 0 N–H and O–H groups in total. The van der Waals surface area contributed by atoms with E-state index >= 15 is 0 Å². The normalized spacial score (nSPS) is 20.2. The van der Waals surface area contributed by atoms with Gasteiger partial charge in [-0.2, -0.15) is 0 Å². The monoisotopic (exact) mass is 269 g/mol. The minimum absolute atomic E-state index is 0.187. The van der Waals surface area contributed by atoms with Gasteiger partial charge in [0.2, 0.25) is 0 Å². The van der Waals surface area contributed by atoms with E-state index in [9.17, 15) is 9.59 Å². The minimum Gasteiger partial charge on any atom is -0.444 e. The first-order valence-corrected chi connectivity index (χ1v) is 7.37. The van der Waals surface area contributed by atoms with Crippen molar-refractivity contribution in [1.29, 1.82) is 0 Å². The van der Waals surface area contributed by atoms with Crippen LogP contribution in [-0.2, 0) is 9.53 Å². The Bertz CT molecular complexity index is 320. The molecule has 4 heteroatoms. The number of ketones is 1. The Balaban J connectivity index is 2.66. The summed E-state index contributed by atoms with van der Waals surface area (Å²) in [5, 5.41) is 0. The van der Waals surface area contributed by atoms with Crippen LogP contribution >= 0.6 is 0 Å². The van der Waals surface area contributed by atoms with Crippen LogP contribution in [0.1, 0.15) is 66.2 Å². The number of likely N-dealkylation sites (tertiary alicyclic amines) is 1. The predicted molar refractivity (Wildman–Crippen MR) is 75.1 cm³/mol. The van der Waals surface area contributed by atoms with Gasteiger partial charge in [0.25, 0.3) is 0 Å². The lowest BCUT2D eigenvalue weighted by atomic mass is 9.96. The van der Waals surface area contributed by atoms with Gasteiger partial charge in [0.1, 0.15) is 5.60 Å². The Labute approximate surface area is 116 Å². The highest BCUT2D eigenvalue weighted by atomic mass is 16.6. The van der Waals surface area contributed by atoms with Crippen LogP contribution < -0.4 is 0 Å². The highest BCUT2D eigenvalue weighted by Crippen LogP contribution is 2.22. The average molecular weight is 269 g/mol. The van der Waals surface area contributed by atoms with Crippen LogP contribution in [0.4, 0.5) is 4.79 Å². The average Bonchev–Trinajstić information content (AvgIpc) is 2.34. The quantitative estimate of drug-likeness (QED) is 0.784. The standard InChI is InChI=1S/C15H27NO3/c1-5-6-10-13(17)12-9-7-8-11-16(12)14(18)19-15(2,3)4/h12H,5-11H2,1-4H3/t12-/m0/s1. The van der Waals surface area contributed by atoms with Gasteiger partial charge in [0, 0.05) is 13.0 Å². The van der Waals surface area contributed by atoms with E-state index in [1.165, 1.54) is 0 Å². The summed E-state index contributed by atoms with van der Waals surface area (Å²) in [4.78, 5) is 26.0. The molecule has 0 unspecified atom stereocenters. The minimum atomic E-state index is -0.508. The summed E-state index contributed by atoms with van der Waals surface area (Å²) in [5.41, 5.74) is -0.508. The van der Waals surface area contributed by atoms with Gasteiger partial charge >= 0.3 is 6.09 Å². The highest BCUT2D eigenvalue weighted by molar-refractivity contribution is 5.87. The fraction of sp³-hybridized carbons (Fsp3) is 0.867. The molecule has 0 radical (unpaired) electrons. The molecule has 1 amide bonds. The molecule has 4 nitrogen and oxygen atoms in total. The molecule has 1 heterocycles. The highest BCUT2D eigenvalue weighted by Gasteiger charge is 2.34. The van der Waals surface area contributed by atoms with Gasteiger partial charge in [-0.3, -0.25) is 9.69 Å². The number of piperidine rings is 1. The van der Waals surface area contributed by atoms with Crippen LogP contribution in [0.2, 0.25) is 0 Å². The number of Topliss-reactive ketones (excluding diaryl/α,β-unsaturated/α-hetero) is 1. The maximum Gasteiger partial charge on any atom is 0.410 e. The number of carbonyl (C=O) groups excluding carboxylic acids is 2. The maximum atomic E-state index is 12.2. The zero-order chi connectivity index (χ0) is 14.5. The van der Waals surface area contributed by atoms with Gasteiger partial charge in [-0.25, -0.2) is 4.79 Å². The molecule has 0 spiro atoms. The summed E-state index contributed by atoms with van der Waals surface area (Å²) >= 11 is 0. The molecule has 0 aromatic heterocycles. The molecule has 0 saturated carbocycles. The summed E-state index contributed by atoms with van der Waals surface area (Å²) in [5.74, 6) is 0.187. The number of rotatable bonds is 4. The predicted octanol–water partition coefficient (Wildman–Crippen LogP) is 3.54. The second-order valence-corrected chi connectivity index (χ2v) is 6.26. The molecule has 1 fully saturated rings. The number of hydrogen-bond donors (Lipinski definition) is 0. The first-order chi connectivity index (χ1) is 8.85. The van der Waals surface area contributed by atoms with Crippen molar-refractivity contribution in [2.75, 3.05) is 6.54 Å². The molecule has 1 aliphatic heterocycles. The first kappa shape index (κ1) is 16.0. The van der Waals surface area contributed by atoms with Crippen LogP contribution in [-0.4, -0.2) is 35.0 Å². The molecule has 19 heavy (non-hydrogen) atoms. The Morgan fingerprint density at radius 3 is 2.53 bits per heavy atom. The molecule has 1 saturated heterocycles. The van der Waals surface area contributed by atoms with Crippen molar-refractivity contribution >= 4 is 11.9 Å². The first-order valence-electron chi connectivity index (χ1n) is 7.37. The van der Waals surface area contributed by atoms with E-state index in [2.05, 4.69) is 6.92 Å². The smallest absolute Gasteiger partial charge is 0.410 e. The van der Waals surface area contributed by atoms with Gasteiger partial charge in [-0.1, -0.05) is 13.3 Å². The van der Waals surface area contributed by atoms with E-state index in [1.54, 1.807) is 4.90 Å². The third-order valence-electron chi connectivity index (χ3n) is 3.28. The fourth-order valence-electron chi connectivity index (χ4n) is 2.32. The Hall–Kier alpha value is -1.06. The van der Waals surface area contributed by atoms with E-state index in [0.717, 1.165) is 32.1 Å². The van der Waals surface area contributed by atoms with Crippen molar-refractivity contribution < 1.29 is 14.3 Å². The third-order valence-corrected chi connectivity index (χ3v) is 3.28. The Morgan fingerprint density at radius 2 is 1.95 bits per heavy atom. The number of amides is 1. The zero-order valence-electron chi connectivity index (χ0n) is 12.7. The van der Waals surface area contributed by atoms with Gasteiger partial charge in [-0.15, -0.1) is 0 Å². The summed E-state index contributed by atoms with van der Waals surface area (Å²) in [6, 6.07) is -0.268. The van der Waals surface area contributed by atoms with E-state index in [4.69, 9.17) is 4.74 Å². The molecule has 1 rings (SSSR count). The van der Waals surface area contributed by atoms with Crippen molar-refractivity contribution in [3.63, 3.8) is 0 Å². The van der Waals surface area contributed by atoms with Crippen molar-refractivity contribution in [3.05, 3.63) is 0 Å². The van der Waals surface area contributed by atoms with Gasteiger partial charge in [0.05, 0.1) is 6.04 Å². The Kier molecular flexibility index (Phi) is 5.83. The van der Waals surface area contributed by atoms with Crippen molar-refractivity contribution in [2.45, 2.75) is 77.9 Å². The number of unbranched alkanes of at least 4 members (excludes halogenated alkanes) is 1. The van der Waals surface area contributed by atoms with Crippen LogP contribution in [0.5, 0.6) is 0 Å².